The molecule has 150 valence electrons. The minimum absolute atomic E-state index is 0.155. The summed E-state index contributed by atoms with van der Waals surface area (Å²) in [6.07, 6.45) is 0.954. The molecule has 0 aliphatic carbocycles. The lowest BCUT2D eigenvalue weighted by Crippen LogP contribution is -2.29. The van der Waals surface area contributed by atoms with Crippen LogP contribution in [0.5, 0.6) is 5.75 Å². The zero-order chi connectivity index (χ0) is 20.7. The maximum Gasteiger partial charge on any atom is 0.404 e. The Balaban J connectivity index is 2.11. The number of pyridine rings is 1. The summed E-state index contributed by atoms with van der Waals surface area (Å²) in [6, 6.07) is 8.92. The molecule has 0 radical (unpaired) electrons. The summed E-state index contributed by atoms with van der Waals surface area (Å²) in [5.74, 6) is 1.06. The average molecular weight is 406 g/mol. The Bertz CT molecular complexity index is 842. The van der Waals surface area contributed by atoms with Crippen molar-refractivity contribution in [1.82, 2.24) is 4.98 Å². The number of primary amides is 1. The third kappa shape index (κ3) is 6.74. The quantitative estimate of drug-likeness (QED) is 0.683. The van der Waals surface area contributed by atoms with Crippen LogP contribution in [0.25, 0.3) is 11.1 Å². The highest BCUT2D eigenvalue weighted by Gasteiger charge is 2.16. The number of halogens is 1. The van der Waals surface area contributed by atoms with Crippen LogP contribution in [0.15, 0.2) is 36.5 Å². The number of ether oxygens (including phenoxy) is 2. The average Bonchev–Trinajstić information content (AvgIpc) is 2.59. The van der Waals surface area contributed by atoms with Gasteiger partial charge in [0.15, 0.2) is 0 Å². The Kier molecular flexibility index (Phi) is 7.63. The number of nitrogens with zero attached hydrogens (tertiary/aromatic N) is 1. The first-order valence-electron chi connectivity index (χ1n) is 8.87. The Morgan fingerprint density at radius 1 is 1.21 bits per heavy atom. The summed E-state index contributed by atoms with van der Waals surface area (Å²) in [5.41, 5.74) is 6.82. The molecule has 0 bridgehead atoms. The molecule has 0 spiro atoms. The lowest BCUT2D eigenvalue weighted by molar-refractivity contribution is -0.114. The van der Waals surface area contributed by atoms with Crippen LogP contribution >= 0.6 is 11.6 Å². The Morgan fingerprint density at radius 3 is 2.54 bits per heavy atom. The number of amides is 2. The van der Waals surface area contributed by atoms with Gasteiger partial charge in [-0.2, -0.15) is 0 Å². The molecule has 2 aromatic rings. The fraction of sp³-hybridized carbons (Fsp3) is 0.350. The number of nitrogens with two attached hydrogens (primary N) is 1. The summed E-state index contributed by atoms with van der Waals surface area (Å²) in [5, 5.41) is 3.06. The van der Waals surface area contributed by atoms with E-state index in [-0.39, 0.29) is 12.5 Å². The minimum atomic E-state index is -0.830. The summed E-state index contributed by atoms with van der Waals surface area (Å²) < 4.78 is 10.8. The second-order valence-corrected chi connectivity index (χ2v) is 7.16. The van der Waals surface area contributed by atoms with Crippen molar-refractivity contribution in [3.63, 3.8) is 0 Å². The number of hydrogen-bond donors (Lipinski definition) is 2. The number of nitrogens with one attached hydrogen (secondary N) is 1. The van der Waals surface area contributed by atoms with Crippen LogP contribution in [-0.4, -0.2) is 29.7 Å². The number of rotatable bonds is 8. The van der Waals surface area contributed by atoms with Crippen molar-refractivity contribution < 1.29 is 19.1 Å². The molecule has 1 heterocycles. The number of anilines is 1. The smallest absolute Gasteiger partial charge is 0.404 e. The number of aromatic nitrogens is 1. The first kappa shape index (κ1) is 21.5. The summed E-state index contributed by atoms with van der Waals surface area (Å²) in [6.45, 7) is 5.61. The lowest BCUT2D eigenvalue weighted by atomic mass is 10.1. The summed E-state index contributed by atoms with van der Waals surface area (Å²) >= 11 is 6.36. The van der Waals surface area contributed by atoms with E-state index in [1.807, 2.05) is 26.0 Å². The van der Waals surface area contributed by atoms with E-state index in [0.717, 1.165) is 11.1 Å². The molecule has 2 rings (SSSR count). The SMILES string of the molecule is CC(=O)Nc1cc(-c2ccc(OC[C@H](CC(C)C)OC(N)=O)c(Cl)c2)ccn1. The maximum atomic E-state index is 11.2. The van der Waals surface area contributed by atoms with Crippen LogP contribution in [0.1, 0.15) is 27.2 Å². The van der Waals surface area contributed by atoms with Crippen molar-refractivity contribution in [2.45, 2.75) is 33.3 Å². The van der Waals surface area contributed by atoms with Crippen LogP contribution in [0.2, 0.25) is 5.02 Å². The zero-order valence-corrected chi connectivity index (χ0v) is 16.8. The van der Waals surface area contributed by atoms with Crippen molar-refractivity contribution in [3.05, 3.63) is 41.6 Å². The van der Waals surface area contributed by atoms with Crippen LogP contribution in [0.4, 0.5) is 10.6 Å². The van der Waals surface area contributed by atoms with Gasteiger partial charge in [-0.25, -0.2) is 9.78 Å². The molecule has 1 aromatic heterocycles. The van der Waals surface area contributed by atoms with Crippen LogP contribution in [0.3, 0.4) is 0 Å². The van der Waals surface area contributed by atoms with E-state index in [2.05, 4.69) is 10.3 Å². The molecule has 0 aliphatic rings. The van der Waals surface area contributed by atoms with E-state index in [1.165, 1.54) is 6.92 Å². The number of hydrogen-bond acceptors (Lipinski definition) is 5. The molecule has 28 heavy (non-hydrogen) atoms. The topological polar surface area (TPSA) is 104 Å². The van der Waals surface area contributed by atoms with Crippen molar-refractivity contribution >= 4 is 29.4 Å². The molecule has 0 unspecified atom stereocenters. The van der Waals surface area contributed by atoms with Gasteiger partial charge in [0.1, 0.15) is 24.3 Å². The van der Waals surface area contributed by atoms with Crippen LogP contribution in [-0.2, 0) is 9.53 Å². The first-order chi connectivity index (χ1) is 13.2. The molecule has 0 fully saturated rings. The molecule has 0 aliphatic heterocycles. The Morgan fingerprint density at radius 2 is 1.93 bits per heavy atom. The predicted octanol–water partition coefficient (Wildman–Crippen LogP) is 4.25. The molecule has 8 heteroatoms. The highest BCUT2D eigenvalue weighted by molar-refractivity contribution is 6.32. The molecule has 1 atom stereocenters. The van der Waals surface area contributed by atoms with Gasteiger partial charge in [-0.1, -0.05) is 31.5 Å². The molecule has 0 saturated heterocycles. The van der Waals surface area contributed by atoms with E-state index >= 15 is 0 Å². The predicted molar refractivity (Wildman–Crippen MR) is 108 cm³/mol. The second kappa shape index (κ2) is 9.94. The van der Waals surface area contributed by atoms with E-state index in [1.54, 1.807) is 24.4 Å². The van der Waals surface area contributed by atoms with Gasteiger partial charge in [-0.15, -0.1) is 0 Å². The van der Waals surface area contributed by atoms with Gasteiger partial charge in [-0.3, -0.25) is 4.79 Å². The third-order valence-electron chi connectivity index (χ3n) is 3.77. The van der Waals surface area contributed by atoms with Crippen molar-refractivity contribution in [3.8, 4) is 16.9 Å². The Labute approximate surface area is 169 Å². The van der Waals surface area contributed by atoms with E-state index in [4.69, 9.17) is 26.8 Å². The van der Waals surface area contributed by atoms with Crippen LogP contribution < -0.4 is 15.8 Å². The highest BCUT2D eigenvalue weighted by Crippen LogP contribution is 2.31. The third-order valence-corrected chi connectivity index (χ3v) is 4.07. The fourth-order valence-electron chi connectivity index (χ4n) is 2.68. The van der Waals surface area contributed by atoms with Gasteiger partial charge in [0.2, 0.25) is 5.91 Å². The van der Waals surface area contributed by atoms with Crippen LogP contribution in [0, 0.1) is 5.92 Å². The van der Waals surface area contributed by atoms with Crippen molar-refractivity contribution in [2.24, 2.45) is 11.7 Å². The number of benzene rings is 1. The fourth-order valence-corrected chi connectivity index (χ4v) is 2.91. The first-order valence-corrected chi connectivity index (χ1v) is 9.25. The normalized spacial score (nSPS) is 11.8. The van der Waals surface area contributed by atoms with Gasteiger partial charge in [0.25, 0.3) is 0 Å². The van der Waals surface area contributed by atoms with Gasteiger partial charge >= 0.3 is 6.09 Å². The molecule has 1 aromatic carbocycles. The molecule has 3 N–H and O–H groups in total. The monoisotopic (exact) mass is 405 g/mol. The van der Waals surface area contributed by atoms with Gasteiger partial charge in [0.05, 0.1) is 5.02 Å². The lowest BCUT2D eigenvalue weighted by Gasteiger charge is -2.19. The van der Waals surface area contributed by atoms with Crippen molar-refractivity contribution in [2.75, 3.05) is 11.9 Å². The van der Waals surface area contributed by atoms with Gasteiger partial charge in [0, 0.05) is 13.1 Å². The molecule has 2 amide bonds. The zero-order valence-electron chi connectivity index (χ0n) is 16.1. The maximum absolute atomic E-state index is 11.2. The number of carbonyl (C=O) groups is 2. The Hall–Kier alpha value is -2.80. The van der Waals surface area contributed by atoms with E-state index in [0.29, 0.717) is 28.9 Å². The molecule has 7 nitrogen and oxygen atoms in total. The van der Waals surface area contributed by atoms with E-state index in [9.17, 15) is 9.59 Å². The number of carbonyl (C=O) groups excluding carboxylic acids is 2. The highest BCUT2D eigenvalue weighted by atomic mass is 35.5. The largest absolute Gasteiger partial charge is 0.488 e. The van der Waals surface area contributed by atoms with Crippen molar-refractivity contribution in [1.29, 1.82) is 0 Å². The molecular formula is C20H24ClN3O4. The standard InChI is InChI=1S/C20H24ClN3O4/c1-12(2)8-16(28-20(22)26)11-27-18-5-4-14(9-17(18)21)15-6-7-23-19(10-15)24-13(3)25/h4-7,9-10,12,16H,8,11H2,1-3H3,(H2,22,26)(H,23,24,25)/t16-/m0/s1. The van der Waals surface area contributed by atoms with E-state index < -0.39 is 12.2 Å². The summed E-state index contributed by atoms with van der Waals surface area (Å²) in [7, 11) is 0. The molecular weight excluding hydrogens is 382 g/mol. The molecule has 0 saturated carbocycles. The van der Waals surface area contributed by atoms with Gasteiger partial charge < -0.3 is 20.5 Å². The minimum Gasteiger partial charge on any atom is -0.488 e. The summed E-state index contributed by atoms with van der Waals surface area (Å²) in [4.78, 5) is 26.3. The van der Waals surface area contributed by atoms with Gasteiger partial charge in [-0.05, 0) is 47.7 Å². The second-order valence-electron chi connectivity index (χ2n) is 6.76.